The molecule has 0 radical (unpaired) electrons. The largest absolute Gasteiger partial charge is 0.478 e. The number of carbonyl (C=O) groups is 1. The van der Waals surface area contributed by atoms with E-state index in [-0.39, 0.29) is 0 Å². The predicted octanol–water partition coefficient (Wildman–Crippen LogP) is 3.08. The molecule has 0 spiro atoms. The molecule has 0 amide bonds. The average molecular weight is 265 g/mol. The molecule has 98 valence electrons. The van der Waals surface area contributed by atoms with Gasteiger partial charge in [0.2, 0.25) is 0 Å². The zero-order valence-corrected chi connectivity index (χ0v) is 11.4. The van der Waals surface area contributed by atoms with E-state index in [0.717, 1.165) is 23.9 Å². The Bertz CT molecular complexity index is 435. The molecule has 1 heterocycles. The van der Waals surface area contributed by atoms with Crippen molar-refractivity contribution in [3.05, 3.63) is 28.0 Å². The van der Waals surface area contributed by atoms with E-state index in [1.807, 2.05) is 6.07 Å². The van der Waals surface area contributed by atoms with E-state index < -0.39 is 5.97 Å². The molecule has 2 rings (SSSR count). The second-order valence-electron chi connectivity index (χ2n) is 4.75. The average Bonchev–Trinajstić information content (AvgIpc) is 3.04. The van der Waals surface area contributed by atoms with Gasteiger partial charge in [0.15, 0.2) is 0 Å². The molecule has 1 saturated carbocycles. The lowest BCUT2D eigenvalue weighted by Crippen LogP contribution is -2.24. The van der Waals surface area contributed by atoms with Gasteiger partial charge in [0.05, 0.1) is 0 Å². The van der Waals surface area contributed by atoms with Crippen molar-refractivity contribution in [1.29, 1.82) is 0 Å². The van der Waals surface area contributed by atoms with Crippen LogP contribution >= 0.6 is 11.3 Å². The summed E-state index contributed by atoms with van der Waals surface area (Å²) < 4.78 is 0. The van der Waals surface area contributed by atoms with Crippen molar-refractivity contribution in [2.24, 2.45) is 5.92 Å². The van der Waals surface area contributed by atoms with Gasteiger partial charge in [-0.1, -0.05) is 6.92 Å². The molecule has 1 aromatic rings. The Hall–Kier alpha value is -1.13. The van der Waals surface area contributed by atoms with E-state index in [0.29, 0.717) is 0 Å². The molecule has 1 aliphatic carbocycles. The fraction of sp³-hybridized carbons (Fsp3) is 0.500. The lowest BCUT2D eigenvalue weighted by atomic mass is 10.3. The van der Waals surface area contributed by atoms with E-state index in [1.54, 1.807) is 17.4 Å². The Kier molecular flexibility index (Phi) is 4.55. The number of hydrogen-bond acceptors (Lipinski definition) is 3. The minimum Gasteiger partial charge on any atom is -0.478 e. The van der Waals surface area contributed by atoms with Crippen molar-refractivity contribution in [2.45, 2.75) is 26.3 Å². The molecule has 3 nitrogen and oxygen atoms in total. The first kappa shape index (κ1) is 13.3. The first-order valence-electron chi connectivity index (χ1n) is 6.39. The molecule has 0 unspecified atom stereocenters. The van der Waals surface area contributed by atoms with Crippen LogP contribution in [0.5, 0.6) is 0 Å². The van der Waals surface area contributed by atoms with Crippen LogP contribution in [0, 0.1) is 5.92 Å². The zero-order valence-electron chi connectivity index (χ0n) is 10.6. The van der Waals surface area contributed by atoms with Crippen LogP contribution in [0.3, 0.4) is 0 Å². The molecule has 1 aromatic heterocycles. The fourth-order valence-corrected chi connectivity index (χ4v) is 2.87. The molecular weight excluding hydrogens is 246 g/mol. The van der Waals surface area contributed by atoms with Crippen molar-refractivity contribution in [3.8, 4) is 0 Å². The highest BCUT2D eigenvalue weighted by Crippen LogP contribution is 2.30. The molecule has 4 heteroatoms. The second kappa shape index (κ2) is 6.16. The molecule has 0 aromatic carbocycles. The Labute approximate surface area is 112 Å². The third-order valence-electron chi connectivity index (χ3n) is 3.11. The molecule has 0 aliphatic heterocycles. The minimum absolute atomic E-state index is 0.895. The lowest BCUT2D eigenvalue weighted by Gasteiger charge is -2.18. The fourth-order valence-electron chi connectivity index (χ4n) is 1.91. The van der Waals surface area contributed by atoms with Gasteiger partial charge in [-0.05, 0) is 43.5 Å². The highest BCUT2D eigenvalue weighted by Gasteiger charge is 2.23. The summed E-state index contributed by atoms with van der Waals surface area (Å²) in [5.74, 6) is 0.0187. The number of nitrogens with zero attached hydrogens (tertiary/aromatic N) is 1. The maximum absolute atomic E-state index is 10.4. The SMILES string of the molecule is CCN(Cc1ccc(C=CC(=O)O)s1)CC1CC1. The van der Waals surface area contributed by atoms with Gasteiger partial charge in [0, 0.05) is 28.9 Å². The standard InChI is InChI=1S/C14H19NO2S/c1-2-15(9-11-3-4-11)10-13-6-5-12(18-13)7-8-14(16)17/h5-8,11H,2-4,9-10H2,1H3,(H,16,17). The van der Waals surface area contributed by atoms with Gasteiger partial charge in [0.25, 0.3) is 0 Å². The number of thiophene rings is 1. The Morgan fingerprint density at radius 2 is 2.33 bits per heavy atom. The normalized spacial score (nSPS) is 15.7. The molecule has 1 aliphatic rings. The third-order valence-corrected chi connectivity index (χ3v) is 4.15. The molecule has 0 bridgehead atoms. The topological polar surface area (TPSA) is 40.5 Å². The van der Waals surface area contributed by atoms with Gasteiger partial charge in [-0.15, -0.1) is 11.3 Å². The molecule has 18 heavy (non-hydrogen) atoms. The van der Waals surface area contributed by atoms with Crippen molar-refractivity contribution in [2.75, 3.05) is 13.1 Å². The number of carboxylic acids is 1. The van der Waals surface area contributed by atoms with E-state index in [4.69, 9.17) is 5.11 Å². The number of aliphatic carboxylic acids is 1. The summed E-state index contributed by atoms with van der Waals surface area (Å²) in [6.07, 6.45) is 5.62. The van der Waals surface area contributed by atoms with Gasteiger partial charge < -0.3 is 5.11 Å². The van der Waals surface area contributed by atoms with Crippen LogP contribution in [0.15, 0.2) is 18.2 Å². The Balaban J connectivity index is 1.89. The lowest BCUT2D eigenvalue weighted by molar-refractivity contribution is -0.131. The van der Waals surface area contributed by atoms with Crippen LogP contribution < -0.4 is 0 Å². The van der Waals surface area contributed by atoms with E-state index in [2.05, 4.69) is 17.9 Å². The smallest absolute Gasteiger partial charge is 0.328 e. The summed E-state index contributed by atoms with van der Waals surface area (Å²) in [6, 6.07) is 4.09. The second-order valence-corrected chi connectivity index (χ2v) is 5.95. The predicted molar refractivity (Wildman–Crippen MR) is 74.7 cm³/mol. The first-order valence-corrected chi connectivity index (χ1v) is 7.21. The third kappa shape index (κ3) is 4.27. The van der Waals surface area contributed by atoms with E-state index in [1.165, 1.54) is 30.3 Å². The van der Waals surface area contributed by atoms with Crippen molar-refractivity contribution in [3.63, 3.8) is 0 Å². The van der Waals surface area contributed by atoms with Gasteiger partial charge >= 0.3 is 5.97 Å². The Morgan fingerprint density at radius 3 is 2.94 bits per heavy atom. The molecule has 0 atom stereocenters. The first-order chi connectivity index (χ1) is 8.67. The summed E-state index contributed by atoms with van der Waals surface area (Å²) >= 11 is 1.67. The molecular formula is C14H19NO2S. The van der Waals surface area contributed by atoms with Crippen LogP contribution in [-0.2, 0) is 11.3 Å². The molecule has 1 fully saturated rings. The Morgan fingerprint density at radius 1 is 1.56 bits per heavy atom. The van der Waals surface area contributed by atoms with Crippen molar-refractivity contribution in [1.82, 2.24) is 4.90 Å². The highest BCUT2D eigenvalue weighted by molar-refractivity contribution is 7.12. The highest BCUT2D eigenvalue weighted by atomic mass is 32.1. The van der Waals surface area contributed by atoms with Crippen LogP contribution in [0.4, 0.5) is 0 Å². The van der Waals surface area contributed by atoms with Crippen LogP contribution in [0.1, 0.15) is 29.5 Å². The van der Waals surface area contributed by atoms with Gasteiger partial charge in [-0.2, -0.15) is 0 Å². The zero-order chi connectivity index (χ0) is 13.0. The summed E-state index contributed by atoms with van der Waals surface area (Å²) in [7, 11) is 0. The van der Waals surface area contributed by atoms with Gasteiger partial charge in [0.1, 0.15) is 0 Å². The van der Waals surface area contributed by atoms with Crippen molar-refractivity contribution < 1.29 is 9.90 Å². The van der Waals surface area contributed by atoms with Crippen molar-refractivity contribution >= 4 is 23.4 Å². The maximum atomic E-state index is 10.4. The van der Waals surface area contributed by atoms with Gasteiger partial charge in [-0.3, -0.25) is 4.90 Å². The van der Waals surface area contributed by atoms with E-state index in [9.17, 15) is 4.79 Å². The number of hydrogen-bond donors (Lipinski definition) is 1. The van der Waals surface area contributed by atoms with Crippen LogP contribution in [-0.4, -0.2) is 29.1 Å². The van der Waals surface area contributed by atoms with Crippen LogP contribution in [0.25, 0.3) is 6.08 Å². The molecule has 0 saturated heterocycles. The summed E-state index contributed by atoms with van der Waals surface area (Å²) in [4.78, 5) is 15.2. The van der Waals surface area contributed by atoms with Crippen LogP contribution in [0.2, 0.25) is 0 Å². The minimum atomic E-state index is -0.895. The van der Waals surface area contributed by atoms with Gasteiger partial charge in [-0.25, -0.2) is 4.79 Å². The number of rotatable bonds is 7. The monoisotopic (exact) mass is 265 g/mol. The summed E-state index contributed by atoms with van der Waals surface area (Å²) in [5.41, 5.74) is 0. The molecule has 1 N–H and O–H groups in total. The summed E-state index contributed by atoms with van der Waals surface area (Å²) in [5, 5.41) is 8.58. The quantitative estimate of drug-likeness (QED) is 0.770. The summed E-state index contributed by atoms with van der Waals surface area (Å²) in [6.45, 7) is 5.46. The number of carboxylic acid groups (broad SMARTS) is 1. The maximum Gasteiger partial charge on any atom is 0.328 e. The van der Waals surface area contributed by atoms with E-state index >= 15 is 0 Å².